The quantitative estimate of drug-likeness (QED) is 0.866. The van der Waals surface area contributed by atoms with Crippen molar-refractivity contribution in [1.82, 2.24) is 0 Å². The van der Waals surface area contributed by atoms with Gasteiger partial charge in [0, 0.05) is 12.1 Å². The molecule has 1 aromatic rings. The summed E-state index contributed by atoms with van der Waals surface area (Å²) in [6.07, 6.45) is 0. The van der Waals surface area contributed by atoms with Crippen molar-refractivity contribution in [2.24, 2.45) is 5.73 Å². The fourth-order valence-electron chi connectivity index (χ4n) is 0.906. The Kier molecular flexibility index (Phi) is 4.80. The lowest BCUT2D eigenvalue weighted by atomic mass is 10.2. The van der Waals surface area contributed by atoms with E-state index in [9.17, 15) is 0 Å². The topological polar surface area (TPSA) is 35.2 Å². The van der Waals surface area contributed by atoms with Crippen LogP contribution in [0.15, 0.2) is 34.8 Å². The van der Waals surface area contributed by atoms with E-state index >= 15 is 0 Å². The zero-order valence-corrected chi connectivity index (χ0v) is 9.05. The van der Waals surface area contributed by atoms with Crippen LogP contribution in [-0.4, -0.2) is 6.61 Å². The second-order valence-corrected chi connectivity index (χ2v) is 3.40. The summed E-state index contributed by atoms with van der Waals surface area (Å²) in [5, 5.41) is 0.467. The predicted molar refractivity (Wildman–Crippen MR) is 59.6 cm³/mol. The number of halogens is 2. The Morgan fingerprint density at radius 1 is 1.36 bits per heavy atom. The molecule has 0 aliphatic heterocycles. The third kappa shape index (κ3) is 3.58. The molecule has 0 spiro atoms. The van der Waals surface area contributed by atoms with Crippen LogP contribution in [0.2, 0.25) is 0 Å². The molecule has 0 saturated heterocycles. The normalized spacial score (nSPS) is 11.5. The highest BCUT2D eigenvalue weighted by atomic mass is 35.5. The van der Waals surface area contributed by atoms with Crippen LogP contribution in [0.4, 0.5) is 0 Å². The summed E-state index contributed by atoms with van der Waals surface area (Å²) < 4.78 is 5.33. The molecular formula is C10H11Cl2NO. The third-order valence-corrected chi connectivity index (χ3v) is 2.25. The highest BCUT2D eigenvalue weighted by molar-refractivity contribution is 6.36. The van der Waals surface area contributed by atoms with Gasteiger partial charge in [0.1, 0.15) is 12.4 Å². The standard InChI is InChI=1S/C10H11Cl2NO/c11-5-9(12)7-14-10-3-1-8(6-13)2-4-10/h1-5H,6-7,13H2. The van der Waals surface area contributed by atoms with Crippen molar-refractivity contribution in [1.29, 1.82) is 0 Å². The number of hydrogen-bond acceptors (Lipinski definition) is 2. The first-order valence-corrected chi connectivity index (χ1v) is 4.94. The average Bonchev–Trinajstić information content (AvgIpc) is 2.26. The van der Waals surface area contributed by atoms with Crippen molar-refractivity contribution < 1.29 is 4.74 Å². The second kappa shape index (κ2) is 5.91. The van der Waals surface area contributed by atoms with E-state index in [1.165, 1.54) is 5.54 Å². The van der Waals surface area contributed by atoms with Crippen LogP contribution in [0.3, 0.4) is 0 Å². The van der Waals surface area contributed by atoms with Gasteiger partial charge < -0.3 is 10.5 Å². The summed E-state index contributed by atoms with van der Waals surface area (Å²) >= 11 is 11.0. The number of hydrogen-bond donors (Lipinski definition) is 1. The van der Waals surface area contributed by atoms with Gasteiger partial charge in [0.15, 0.2) is 0 Å². The Labute approximate surface area is 93.3 Å². The van der Waals surface area contributed by atoms with E-state index in [-0.39, 0.29) is 6.61 Å². The van der Waals surface area contributed by atoms with E-state index in [1.807, 2.05) is 24.3 Å². The maximum absolute atomic E-state index is 5.66. The highest BCUT2D eigenvalue weighted by Gasteiger charge is 1.95. The molecule has 0 bridgehead atoms. The molecule has 0 atom stereocenters. The maximum atomic E-state index is 5.66. The molecule has 0 amide bonds. The minimum absolute atomic E-state index is 0.285. The summed E-state index contributed by atoms with van der Waals surface area (Å²) in [7, 11) is 0. The number of benzene rings is 1. The second-order valence-electron chi connectivity index (χ2n) is 2.69. The van der Waals surface area contributed by atoms with Gasteiger partial charge in [-0.2, -0.15) is 0 Å². The molecule has 2 N–H and O–H groups in total. The van der Waals surface area contributed by atoms with Gasteiger partial charge >= 0.3 is 0 Å². The van der Waals surface area contributed by atoms with Crippen molar-refractivity contribution in [2.75, 3.05) is 6.61 Å². The number of ether oxygens (including phenoxy) is 1. The van der Waals surface area contributed by atoms with Crippen LogP contribution >= 0.6 is 23.2 Å². The Morgan fingerprint density at radius 3 is 2.50 bits per heavy atom. The summed E-state index contributed by atoms with van der Waals surface area (Å²) in [6, 6.07) is 7.52. The van der Waals surface area contributed by atoms with Gasteiger partial charge in [-0.05, 0) is 17.7 Å². The van der Waals surface area contributed by atoms with Crippen molar-refractivity contribution in [3.8, 4) is 5.75 Å². The molecule has 1 aromatic carbocycles. The first-order chi connectivity index (χ1) is 6.76. The first-order valence-electron chi connectivity index (χ1n) is 4.13. The predicted octanol–water partition coefficient (Wildman–Crippen LogP) is 2.84. The molecule has 76 valence electrons. The highest BCUT2D eigenvalue weighted by Crippen LogP contribution is 2.14. The van der Waals surface area contributed by atoms with Crippen molar-refractivity contribution >= 4 is 23.2 Å². The molecule has 0 fully saturated rings. The van der Waals surface area contributed by atoms with Gasteiger partial charge in [0.25, 0.3) is 0 Å². The molecule has 0 unspecified atom stereocenters. The van der Waals surface area contributed by atoms with Crippen molar-refractivity contribution in [3.05, 3.63) is 40.4 Å². The van der Waals surface area contributed by atoms with E-state index in [0.29, 0.717) is 11.6 Å². The van der Waals surface area contributed by atoms with Gasteiger partial charge in [0.05, 0.1) is 5.03 Å². The average molecular weight is 232 g/mol. The van der Waals surface area contributed by atoms with E-state index in [1.54, 1.807) is 0 Å². The van der Waals surface area contributed by atoms with Crippen LogP contribution in [0.25, 0.3) is 0 Å². The van der Waals surface area contributed by atoms with Crippen LogP contribution < -0.4 is 10.5 Å². The molecule has 0 aliphatic carbocycles. The monoisotopic (exact) mass is 231 g/mol. The third-order valence-electron chi connectivity index (χ3n) is 1.65. The summed E-state index contributed by atoms with van der Waals surface area (Å²) in [5.41, 5.74) is 7.81. The minimum Gasteiger partial charge on any atom is -0.488 e. The lowest BCUT2D eigenvalue weighted by Crippen LogP contribution is -1.98. The Bertz CT molecular complexity index is 308. The van der Waals surface area contributed by atoms with Crippen LogP contribution in [0.1, 0.15) is 5.56 Å². The molecule has 0 radical (unpaired) electrons. The maximum Gasteiger partial charge on any atom is 0.125 e. The van der Waals surface area contributed by atoms with E-state index in [0.717, 1.165) is 11.3 Å². The molecule has 1 rings (SSSR count). The van der Waals surface area contributed by atoms with Crippen LogP contribution in [0, 0.1) is 0 Å². The number of rotatable bonds is 4. The van der Waals surface area contributed by atoms with Crippen molar-refractivity contribution in [2.45, 2.75) is 6.54 Å². The molecular weight excluding hydrogens is 221 g/mol. The Morgan fingerprint density at radius 2 is 2.00 bits per heavy atom. The fourth-order valence-corrected chi connectivity index (χ4v) is 1.02. The van der Waals surface area contributed by atoms with E-state index in [4.69, 9.17) is 33.7 Å². The van der Waals surface area contributed by atoms with Crippen molar-refractivity contribution in [3.63, 3.8) is 0 Å². The van der Waals surface area contributed by atoms with Gasteiger partial charge in [-0.25, -0.2) is 0 Å². The first kappa shape index (κ1) is 11.4. The van der Waals surface area contributed by atoms with E-state index < -0.39 is 0 Å². The Balaban J connectivity index is 2.52. The van der Waals surface area contributed by atoms with E-state index in [2.05, 4.69) is 0 Å². The van der Waals surface area contributed by atoms with Gasteiger partial charge in [0.2, 0.25) is 0 Å². The zero-order valence-electron chi connectivity index (χ0n) is 7.54. The van der Waals surface area contributed by atoms with Gasteiger partial charge in [-0.15, -0.1) is 0 Å². The largest absolute Gasteiger partial charge is 0.488 e. The lowest BCUT2D eigenvalue weighted by molar-refractivity contribution is 0.359. The SMILES string of the molecule is NCc1ccc(OCC(Cl)=CCl)cc1. The van der Waals surface area contributed by atoms with Gasteiger partial charge in [-0.1, -0.05) is 35.3 Å². The summed E-state index contributed by atoms with van der Waals surface area (Å²) in [5.74, 6) is 0.749. The molecule has 0 aromatic heterocycles. The van der Waals surface area contributed by atoms with Gasteiger partial charge in [-0.3, -0.25) is 0 Å². The smallest absolute Gasteiger partial charge is 0.125 e. The Hall–Kier alpha value is -0.700. The van der Waals surface area contributed by atoms with Crippen LogP contribution in [-0.2, 0) is 6.54 Å². The number of nitrogens with two attached hydrogens (primary N) is 1. The summed E-state index contributed by atoms with van der Waals surface area (Å²) in [4.78, 5) is 0. The lowest BCUT2D eigenvalue weighted by Gasteiger charge is -2.05. The molecule has 0 aliphatic rings. The zero-order chi connectivity index (χ0) is 10.4. The summed E-state index contributed by atoms with van der Waals surface area (Å²) in [6.45, 7) is 0.815. The molecule has 14 heavy (non-hydrogen) atoms. The molecule has 0 heterocycles. The minimum atomic E-state index is 0.285. The fraction of sp³-hybridized carbons (Fsp3) is 0.200. The molecule has 4 heteroatoms. The van der Waals surface area contributed by atoms with Crippen LogP contribution in [0.5, 0.6) is 5.75 Å². The molecule has 2 nitrogen and oxygen atoms in total. The molecule has 0 saturated carbocycles.